The van der Waals surface area contributed by atoms with Crippen LogP contribution in [0.2, 0.25) is 0 Å². The highest BCUT2D eigenvalue weighted by atomic mass is 16.5. The third kappa shape index (κ3) is 6.88. The van der Waals surface area contributed by atoms with E-state index in [9.17, 15) is 19.6 Å². The zero-order chi connectivity index (χ0) is 25.4. The van der Waals surface area contributed by atoms with Gasteiger partial charge in [0.2, 0.25) is 18.2 Å². The Kier molecular flexibility index (Phi) is 9.37. The second kappa shape index (κ2) is 12.4. The van der Waals surface area contributed by atoms with Crippen LogP contribution in [0.4, 0.5) is 5.82 Å². The lowest BCUT2D eigenvalue weighted by atomic mass is 9.77. The molecular formula is C27H36N4O4. The van der Waals surface area contributed by atoms with E-state index in [2.05, 4.69) is 27.8 Å². The fourth-order valence-corrected chi connectivity index (χ4v) is 4.74. The van der Waals surface area contributed by atoms with Crippen LogP contribution < -0.4 is 10.6 Å². The molecule has 1 aromatic heterocycles. The van der Waals surface area contributed by atoms with Crippen LogP contribution in [0.15, 0.2) is 48.7 Å². The Morgan fingerprint density at radius 1 is 1.14 bits per heavy atom. The number of pyridine rings is 1. The fourth-order valence-electron chi connectivity index (χ4n) is 4.74. The third-order valence-electron chi connectivity index (χ3n) is 7.19. The average molecular weight is 481 g/mol. The highest BCUT2D eigenvalue weighted by Crippen LogP contribution is 2.31. The van der Waals surface area contributed by atoms with Crippen molar-refractivity contribution < 1.29 is 19.6 Å². The van der Waals surface area contributed by atoms with Crippen molar-refractivity contribution in [1.29, 1.82) is 0 Å². The summed E-state index contributed by atoms with van der Waals surface area (Å²) in [4.78, 5) is 42.1. The van der Waals surface area contributed by atoms with E-state index < -0.39 is 18.0 Å². The molecule has 8 heteroatoms. The van der Waals surface area contributed by atoms with E-state index in [-0.39, 0.29) is 23.7 Å². The van der Waals surface area contributed by atoms with Crippen molar-refractivity contribution in [1.82, 2.24) is 15.4 Å². The number of anilines is 1. The Morgan fingerprint density at radius 2 is 1.86 bits per heavy atom. The van der Waals surface area contributed by atoms with Gasteiger partial charge in [-0.2, -0.15) is 0 Å². The van der Waals surface area contributed by atoms with Gasteiger partial charge >= 0.3 is 0 Å². The van der Waals surface area contributed by atoms with Crippen LogP contribution in [-0.4, -0.2) is 45.6 Å². The number of amides is 3. The molecule has 0 saturated carbocycles. The fraction of sp³-hybridized carbons (Fsp3) is 0.481. The number of nitrogens with zero attached hydrogens (tertiary/aromatic N) is 2. The van der Waals surface area contributed by atoms with Gasteiger partial charge in [-0.05, 0) is 67.7 Å². The first-order valence-corrected chi connectivity index (χ1v) is 12.4. The summed E-state index contributed by atoms with van der Waals surface area (Å²) >= 11 is 0. The van der Waals surface area contributed by atoms with Crippen molar-refractivity contribution in [3.63, 3.8) is 0 Å². The van der Waals surface area contributed by atoms with E-state index in [0.717, 1.165) is 19.3 Å². The third-order valence-corrected chi connectivity index (χ3v) is 7.19. The Balaban J connectivity index is 1.77. The molecule has 0 fully saturated rings. The van der Waals surface area contributed by atoms with E-state index in [1.165, 1.54) is 11.1 Å². The predicted molar refractivity (Wildman–Crippen MR) is 133 cm³/mol. The van der Waals surface area contributed by atoms with Gasteiger partial charge in [0.05, 0.1) is 12.0 Å². The maximum absolute atomic E-state index is 13.6. The van der Waals surface area contributed by atoms with Crippen LogP contribution in [0.5, 0.6) is 0 Å². The summed E-state index contributed by atoms with van der Waals surface area (Å²) in [5.74, 6) is -0.855. The lowest BCUT2D eigenvalue weighted by Crippen LogP contribution is -2.53. The highest BCUT2D eigenvalue weighted by Gasteiger charge is 2.35. The maximum Gasteiger partial charge on any atom is 0.248 e. The smallest absolute Gasteiger partial charge is 0.248 e. The van der Waals surface area contributed by atoms with Gasteiger partial charge in [0.1, 0.15) is 11.9 Å². The largest absolute Gasteiger partial charge is 0.344 e. The topological polar surface area (TPSA) is 112 Å². The van der Waals surface area contributed by atoms with Crippen molar-refractivity contribution >= 4 is 24.0 Å². The monoisotopic (exact) mass is 480 g/mol. The average Bonchev–Trinajstić information content (AvgIpc) is 2.89. The number of aryl methyl sites for hydroxylation is 1. The maximum atomic E-state index is 13.6. The van der Waals surface area contributed by atoms with E-state index in [0.29, 0.717) is 30.1 Å². The van der Waals surface area contributed by atoms with Crippen molar-refractivity contribution in [3.05, 3.63) is 59.8 Å². The molecule has 1 heterocycles. The zero-order valence-corrected chi connectivity index (χ0v) is 20.7. The Labute approximate surface area is 207 Å². The molecule has 0 saturated heterocycles. The number of rotatable bonds is 11. The number of carbonyl (C=O) groups is 3. The molecule has 0 aliphatic heterocycles. The minimum absolute atomic E-state index is 0.128. The summed E-state index contributed by atoms with van der Waals surface area (Å²) in [6, 6.07) is 12.0. The van der Waals surface area contributed by atoms with Gasteiger partial charge in [-0.15, -0.1) is 0 Å². The molecule has 5 atom stereocenters. The summed E-state index contributed by atoms with van der Waals surface area (Å²) in [6.45, 7) is 5.52. The van der Waals surface area contributed by atoms with Crippen LogP contribution in [0.1, 0.15) is 51.2 Å². The Morgan fingerprint density at radius 3 is 2.51 bits per heavy atom. The number of benzene rings is 1. The number of fused-ring (bicyclic) bond motifs is 1. The van der Waals surface area contributed by atoms with Crippen LogP contribution in [0, 0.1) is 17.8 Å². The molecule has 3 N–H and O–H groups in total. The van der Waals surface area contributed by atoms with Gasteiger partial charge in [0, 0.05) is 6.20 Å². The standard InChI is InChI=1S/C27H36N4O4/c1-4-18(2)25(27(34)29-24-11-7-8-14-28-24)30-26(33)23(19(3)31(35)17-32)16-20-12-13-21-9-5-6-10-22(21)15-20/h5-11,14,17-20,23,25,35H,4,12-13,15-16H2,1-3H3,(H,30,33)(H,28,29,34)/t18?,19-,20?,23+,25-/m0/s1. The van der Waals surface area contributed by atoms with Gasteiger partial charge in [-0.25, -0.2) is 10.0 Å². The first-order chi connectivity index (χ1) is 16.8. The molecule has 2 unspecified atom stereocenters. The highest BCUT2D eigenvalue weighted by molar-refractivity contribution is 5.97. The molecular weight excluding hydrogens is 444 g/mol. The van der Waals surface area contributed by atoms with E-state index in [1.807, 2.05) is 26.0 Å². The molecule has 8 nitrogen and oxygen atoms in total. The lowest BCUT2D eigenvalue weighted by Gasteiger charge is -2.33. The molecule has 188 valence electrons. The van der Waals surface area contributed by atoms with Crippen molar-refractivity contribution in [2.75, 3.05) is 5.32 Å². The van der Waals surface area contributed by atoms with Gasteiger partial charge in [0.25, 0.3) is 0 Å². The van der Waals surface area contributed by atoms with Crippen molar-refractivity contribution in [2.24, 2.45) is 17.8 Å². The summed E-state index contributed by atoms with van der Waals surface area (Å²) in [7, 11) is 0. The molecule has 3 rings (SSSR count). The summed E-state index contributed by atoms with van der Waals surface area (Å²) in [5.41, 5.74) is 2.61. The summed E-state index contributed by atoms with van der Waals surface area (Å²) < 4.78 is 0. The first kappa shape index (κ1) is 26.3. The lowest BCUT2D eigenvalue weighted by molar-refractivity contribution is -0.167. The van der Waals surface area contributed by atoms with Gasteiger partial charge in [0.15, 0.2) is 0 Å². The number of carbonyl (C=O) groups excluding carboxylic acids is 3. The van der Waals surface area contributed by atoms with E-state index in [4.69, 9.17) is 0 Å². The van der Waals surface area contributed by atoms with Crippen LogP contribution in [-0.2, 0) is 27.2 Å². The molecule has 0 bridgehead atoms. The molecule has 2 aromatic rings. The molecule has 1 aromatic carbocycles. The quantitative estimate of drug-likeness (QED) is 0.259. The number of nitrogens with one attached hydrogen (secondary N) is 2. The van der Waals surface area contributed by atoms with Crippen LogP contribution >= 0.6 is 0 Å². The van der Waals surface area contributed by atoms with E-state index in [1.54, 1.807) is 31.3 Å². The summed E-state index contributed by atoms with van der Waals surface area (Å²) in [5, 5.41) is 16.4. The van der Waals surface area contributed by atoms with Gasteiger partial charge < -0.3 is 10.6 Å². The van der Waals surface area contributed by atoms with Crippen molar-refractivity contribution in [3.8, 4) is 0 Å². The molecule has 3 amide bonds. The Bertz CT molecular complexity index is 1000. The second-order valence-corrected chi connectivity index (χ2v) is 9.52. The number of aromatic nitrogens is 1. The summed E-state index contributed by atoms with van der Waals surface area (Å²) in [6.07, 6.45) is 5.79. The molecule has 0 spiro atoms. The van der Waals surface area contributed by atoms with Crippen molar-refractivity contribution in [2.45, 2.75) is 65.0 Å². The van der Waals surface area contributed by atoms with Gasteiger partial charge in [-0.1, -0.05) is 50.6 Å². The normalized spacial score (nSPS) is 18.3. The molecule has 0 radical (unpaired) electrons. The predicted octanol–water partition coefficient (Wildman–Crippen LogP) is 3.60. The number of hydroxylamine groups is 2. The molecule has 35 heavy (non-hydrogen) atoms. The Hall–Kier alpha value is -3.26. The molecule has 1 aliphatic rings. The molecule has 1 aliphatic carbocycles. The first-order valence-electron chi connectivity index (χ1n) is 12.4. The number of hydrogen-bond donors (Lipinski definition) is 3. The van der Waals surface area contributed by atoms with Crippen LogP contribution in [0.25, 0.3) is 0 Å². The van der Waals surface area contributed by atoms with Crippen LogP contribution in [0.3, 0.4) is 0 Å². The number of hydrogen-bond acceptors (Lipinski definition) is 5. The second-order valence-electron chi connectivity index (χ2n) is 9.52. The zero-order valence-electron chi connectivity index (χ0n) is 20.7. The van der Waals surface area contributed by atoms with Gasteiger partial charge in [-0.3, -0.25) is 19.6 Å². The van der Waals surface area contributed by atoms with E-state index >= 15 is 0 Å². The minimum Gasteiger partial charge on any atom is -0.344 e. The minimum atomic E-state index is -0.778. The SMILES string of the molecule is CCC(C)[C@H](NC(=O)[C@H](CC1CCc2ccccc2C1)[C@H](C)N(O)C=O)C(=O)Nc1ccccn1.